The third-order valence-electron chi connectivity index (χ3n) is 11.2. The van der Waals surface area contributed by atoms with Crippen LogP contribution in [-0.4, -0.2) is 100 Å². The molecule has 3 aliphatic heterocycles. The molecule has 7 rings (SSSR count). The van der Waals surface area contributed by atoms with Crippen molar-refractivity contribution >= 4 is 28.6 Å². The lowest BCUT2D eigenvalue weighted by Crippen LogP contribution is -2.51. The van der Waals surface area contributed by atoms with Crippen LogP contribution in [0.1, 0.15) is 53.9 Å². The van der Waals surface area contributed by atoms with Gasteiger partial charge in [0, 0.05) is 74.8 Å². The van der Waals surface area contributed by atoms with Gasteiger partial charge in [0.25, 0.3) is 5.56 Å². The molecule has 3 saturated heterocycles. The maximum Gasteiger partial charge on any atom is 0.416 e. The molecule has 0 radical (unpaired) electrons. The molecule has 292 valence electrons. The lowest BCUT2D eigenvalue weighted by molar-refractivity contribution is -0.138. The van der Waals surface area contributed by atoms with E-state index < -0.39 is 29.4 Å². The number of H-pyrrole nitrogens is 1. The molecule has 2 aromatic heterocycles. The first-order valence-electron chi connectivity index (χ1n) is 18.4. The number of nitrogens with zero attached hydrogens (tertiary/aromatic N) is 5. The number of ether oxygens (including phenoxy) is 1. The molecule has 0 bridgehead atoms. The van der Waals surface area contributed by atoms with Gasteiger partial charge in [-0.25, -0.2) is 4.39 Å². The highest BCUT2D eigenvalue weighted by molar-refractivity contribution is 5.98. The molecule has 16 heteroatoms. The molecule has 12 nitrogen and oxygen atoms in total. The number of halogens is 4. The Kier molecular flexibility index (Phi) is 10.8. The SMILES string of the molecule is COc1cc(-c2cn(C)c(=O)c3[nH]ncc23)cc(F)c1CN1CCN(C(=O)CN2CCC(c3ccc(CC4CCC(=O)NC4=O)cc3C(F)(F)F)CC2)CC1. The fourth-order valence-corrected chi connectivity index (χ4v) is 8.11. The fraction of sp³-hybridized carbons (Fsp3) is 0.462. The number of rotatable bonds is 9. The summed E-state index contributed by atoms with van der Waals surface area (Å²) in [5.74, 6) is -1.82. The van der Waals surface area contributed by atoms with Crippen molar-refractivity contribution < 1.29 is 36.7 Å². The van der Waals surface area contributed by atoms with Crippen LogP contribution in [0.15, 0.2) is 47.5 Å². The third-order valence-corrected chi connectivity index (χ3v) is 11.2. The van der Waals surface area contributed by atoms with E-state index in [1.165, 1.54) is 30.0 Å². The van der Waals surface area contributed by atoms with Crippen LogP contribution in [0.2, 0.25) is 0 Å². The van der Waals surface area contributed by atoms with Crippen LogP contribution in [0, 0.1) is 11.7 Å². The number of fused-ring (bicyclic) bond motifs is 1. The van der Waals surface area contributed by atoms with E-state index in [4.69, 9.17) is 4.74 Å². The van der Waals surface area contributed by atoms with Gasteiger partial charge in [0.1, 0.15) is 17.1 Å². The number of nitrogens with one attached hydrogen (secondary N) is 2. The number of aromatic amines is 1. The summed E-state index contributed by atoms with van der Waals surface area (Å²) in [6.07, 6.45) is 0.163. The number of alkyl halides is 3. The number of hydrogen-bond donors (Lipinski definition) is 2. The van der Waals surface area contributed by atoms with Crippen LogP contribution in [0.25, 0.3) is 22.0 Å². The number of methoxy groups -OCH3 is 1. The molecule has 1 unspecified atom stereocenters. The van der Waals surface area contributed by atoms with Crippen molar-refractivity contribution in [2.24, 2.45) is 13.0 Å². The van der Waals surface area contributed by atoms with Gasteiger partial charge >= 0.3 is 6.18 Å². The molecule has 3 fully saturated rings. The number of pyridine rings is 1. The second kappa shape index (κ2) is 15.6. The number of benzene rings is 2. The normalized spacial score (nSPS) is 19.2. The van der Waals surface area contributed by atoms with Crippen molar-refractivity contribution in [3.8, 4) is 16.9 Å². The number of piperidine rings is 2. The van der Waals surface area contributed by atoms with Gasteiger partial charge < -0.3 is 14.2 Å². The van der Waals surface area contributed by atoms with Gasteiger partial charge in [0.15, 0.2) is 0 Å². The zero-order valence-corrected chi connectivity index (χ0v) is 30.7. The van der Waals surface area contributed by atoms with Gasteiger partial charge in [0.05, 0.1) is 25.4 Å². The van der Waals surface area contributed by atoms with Crippen molar-refractivity contribution in [2.75, 3.05) is 52.9 Å². The summed E-state index contributed by atoms with van der Waals surface area (Å²) in [4.78, 5) is 55.3. The van der Waals surface area contributed by atoms with E-state index in [2.05, 4.69) is 20.4 Å². The van der Waals surface area contributed by atoms with Crippen LogP contribution in [0.5, 0.6) is 5.75 Å². The van der Waals surface area contributed by atoms with Gasteiger partial charge in [-0.15, -0.1) is 0 Å². The summed E-state index contributed by atoms with van der Waals surface area (Å²) in [7, 11) is 3.10. The summed E-state index contributed by atoms with van der Waals surface area (Å²) in [6.45, 7) is 3.35. The predicted octanol–water partition coefficient (Wildman–Crippen LogP) is 4.21. The van der Waals surface area contributed by atoms with Crippen molar-refractivity contribution in [1.29, 1.82) is 0 Å². The number of likely N-dealkylation sites (tertiary alicyclic amines) is 1. The van der Waals surface area contributed by atoms with E-state index in [0.717, 1.165) is 6.07 Å². The lowest BCUT2D eigenvalue weighted by Gasteiger charge is -2.37. The first kappa shape index (κ1) is 38.2. The highest BCUT2D eigenvalue weighted by Crippen LogP contribution is 2.40. The Balaban J connectivity index is 0.924. The Morgan fingerprint density at radius 1 is 0.982 bits per heavy atom. The molecule has 5 heterocycles. The Hall–Kier alpha value is -5.09. The summed E-state index contributed by atoms with van der Waals surface area (Å²) in [5, 5.41) is 9.55. The molecule has 0 aliphatic carbocycles. The minimum atomic E-state index is -4.57. The Morgan fingerprint density at radius 2 is 1.73 bits per heavy atom. The number of carbonyl (C=O) groups is 3. The summed E-state index contributed by atoms with van der Waals surface area (Å²) >= 11 is 0. The van der Waals surface area contributed by atoms with E-state index in [9.17, 15) is 32.3 Å². The molecule has 4 aromatic rings. The molecule has 3 amide bonds. The fourth-order valence-electron chi connectivity index (χ4n) is 8.11. The Labute approximate surface area is 314 Å². The molecular weight excluding hydrogens is 722 g/mol. The molecular formula is C39H43F4N7O5. The van der Waals surface area contributed by atoms with Gasteiger partial charge in [-0.3, -0.25) is 39.4 Å². The van der Waals surface area contributed by atoms with Crippen LogP contribution in [0.4, 0.5) is 17.6 Å². The molecule has 2 aromatic carbocycles. The number of hydrogen-bond acceptors (Lipinski definition) is 8. The van der Waals surface area contributed by atoms with Gasteiger partial charge in [-0.2, -0.15) is 18.3 Å². The summed E-state index contributed by atoms with van der Waals surface area (Å²) in [6, 6.07) is 7.49. The minimum absolute atomic E-state index is 0.0529. The molecule has 0 spiro atoms. The molecule has 1 atom stereocenters. The molecule has 0 saturated carbocycles. The van der Waals surface area contributed by atoms with E-state index in [-0.39, 0.29) is 54.8 Å². The van der Waals surface area contributed by atoms with Crippen molar-refractivity contribution in [3.63, 3.8) is 0 Å². The number of aromatic nitrogens is 3. The van der Waals surface area contributed by atoms with Gasteiger partial charge in [-0.05, 0) is 79.6 Å². The number of carbonyl (C=O) groups excluding carboxylic acids is 3. The Bertz CT molecular complexity index is 2170. The molecule has 3 aliphatic rings. The smallest absolute Gasteiger partial charge is 0.416 e. The quantitative estimate of drug-likeness (QED) is 0.192. The second-order valence-corrected chi connectivity index (χ2v) is 14.7. The van der Waals surface area contributed by atoms with Gasteiger partial charge in [0.2, 0.25) is 17.7 Å². The van der Waals surface area contributed by atoms with Gasteiger partial charge in [-0.1, -0.05) is 12.1 Å². The van der Waals surface area contributed by atoms with Crippen molar-refractivity contribution in [3.05, 3.63) is 81.2 Å². The molecule has 55 heavy (non-hydrogen) atoms. The average Bonchev–Trinajstić information content (AvgIpc) is 3.66. The van der Waals surface area contributed by atoms with Crippen molar-refractivity contribution in [2.45, 2.75) is 50.7 Å². The van der Waals surface area contributed by atoms with Crippen molar-refractivity contribution in [1.82, 2.24) is 34.8 Å². The number of piperazine rings is 1. The zero-order chi connectivity index (χ0) is 39.0. The monoisotopic (exact) mass is 765 g/mol. The first-order chi connectivity index (χ1) is 26.3. The topological polar surface area (TPSA) is 133 Å². The highest BCUT2D eigenvalue weighted by atomic mass is 19.4. The molecule has 2 N–H and O–H groups in total. The maximum absolute atomic E-state index is 15.7. The second-order valence-electron chi connectivity index (χ2n) is 14.7. The van der Waals surface area contributed by atoms with E-state index in [1.807, 2.05) is 4.90 Å². The van der Waals surface area contributed by atoms with E-state index in [1.54, 1.807) is 30.3 Å². The number of imide groups is 1. The van der Waals surface area contributed by atoms with Crippen LogP contribution in [0.3, 0.4) is 0 Å². The minimum Gasteiger partial charge on any atom is -0.496 e. The largest absolute Gasteiger partial charge is 0.496 e. The lowest BCUT2D eigenvalue weighted by atomic mass is 9.84. The van der Waals surface area contributed by atoms with Crippen LogP contribution in [-0.2, 0) is 40.6 Å². The average molecular weight is 766 g/mol. The standard InChI is InChI=1S/C39H43F4N7O5/c1-47-20-29(28-19-44-46-36(28)38(47)54)26-17-32(40)30(33(18-26)55-2)21-49-11-13-50(14-12-49)35(52)22-48-9-7-24(8-10-48)27-5-3-23(16-31(27)39(41,42)43)15-25-4-6-34(51)45-37(25)53/h3,5,16-20,24-25H,4,6-15,21-22H2,1-2H3,(H,44,46)(H,45,51,53). The number of aryl methyl sites for hydroxylation is 1. The summed E-state index contributed by atoms with van der Waals surface area (Å²) in [5.41, 5.74) is 1.59. The zero-order valence-electron chi connectivity index (χ0n) is 30.7. The highest BCUT2D eigenvalue weighted by Gasteiger charge is 2.37. The maximum atomic E-state index is 15.7. The first-order valence-corrected chi connectivity index (χ1v) is 18.4. The number of amides is 3. The third kappa shape index (κ3) is 8.15. The Morgan fingerprint density at radius 3 is 2.42 bits per heavy atom. The van der Waals surface area contributed by atoms with Crippen LogP contribution >= 0.6 is 0 Å². The van der Waals surface area contributed by atoms with E-state index >= 15 is 4.39 Å². The summed E-state index contributed by atoms with van der Waals surface area (Å²) < 4.78 is 65.5. The predicted molar refractivity (Wildman–Crippen MR) is 195 cm³/mol. The van der Waals surface area contributed by atoms with E-state index in [0.29, 0.717) is 97.4 Å². The van der Waals surface area contributed by atoms with Crippen LogP contribution < -0.4 is 15.6 Å².